The number of hydrogen-bond acceptors (Lipinski definition) is 2. The highest BCUT2D eigenvalue weighted by molar-refractivity contribution is 5.66. The van der Waals surface area contributed by atoms with Crippen molar-refractivity contribution in [1.82, 2.24) is 15.1 Å². The normalized spacial score (nSPS) is 14.6. The fourth-order valence-corrected chi connectivity index (χ4v) is 2.64. The van der Waals surface area contributed by atoms with Crippen LogP contribution in [0, 0.1) is 13.8 Å². The lowest BCUT2D eigenvalue weighted by molar-refractivity contribution is 0.604. The second kappa shape index (κ2) is 4.25. The molecule has 1 aliphatic rings. The van der Waals surface area contributed by atoms with Gasteiger partial charge in [0.25, 0.3) is 0 Å². The van der Waals surface area contributed by atoms with Crippen molar-refractivity contribution in [2.75, 3.05) is 6.54 Å². The van der Waals surface area contributed by atoms with Crippen molar-refractivity contribution in [2.24, 2.45) is 7.05 Å². The number of aromatic nitrogens is 2. The van der Waals surface area contributed by atoms with Gasteiger partial charge in [0.15, 0.2) is 0 Å². The van der Waals surface area contributed by atoms with E-state index < -0.39 is 0 Å². The third kappa shape index (κ3) is 1.75. The third-order valence-electron chi connectivity index (χ3n) is 3.90. The van der Waals surface area contributed by atoms with Gasteiger partial charge in [-0.15, -0.1) is 0 Å². The van der Waals surface area contributed by atoms with E-state index in [1.165, 1.54) is 27.9 Å². The molecule has 0 radical (unpaired) electrons. The van der Waals surface area contributed by atoms with Crippen LogP contribution in [0.3, 0.4) is 0 Å². The average molecular weight is 241 g/mol. The van der Waals surface area contributed by atoms with Crippen molar-refractivity contribution >= 4 is 0 Å². The minimum absolute atomic E-state index is 0.936. The van der Waals surface area contributed by atoms with E-state index in [1.807, 2.05) is 4.68 Å². The third-order valence-corrected chi connectivity index (χ3v) is 3.90. The van der Waals surface area contributed by atoms with E-state index in [9.17, 15) is 0 Å². The van der Waals surface area contributed by atoms with Gasteiger partial charge in [0.2, 0.25) is 0 Å². The largest absolute Gasteiger partial charge is 0.312 e. The highest BCUT2D eigenvalue weighted by Gasteiger charge is 2.19. The van der Waals surface area contributed by atoms with E-state index in [0.29, 0.717) is 0 Å². The highest BCUT2D eigenvalue weighted by Crippen LogP contribution is 2.28. The smallest absolute Gasteiger partial charge is 0.0971 e. The van der Waals surface area contributed by atoms with Crippen LogP contribution in [0.5, 0.6) is 0 Å². The van der Waals surface area contributed by atoms with Crippen molar-refractivity contribution in [1.29, 1.82) is 0 Å². The van der Waals surface area contributed by atoms with E-state index in [2.05, 4.69) is 44.4 Å². The topological polar surface area (TPSA) is 29.9 Å². The maximum atomic E-state index is 4.71. The average Bonchev–Trinajstić information content (AvgIpc) is 2.71. The van der Waals surface area contributed by atoms with E-state index in [1.54, 1.807) is 0 Å². The van der Waals surface area contributed by atoms with Gasteiger partial charge in [-0.1, -0.05) is 12.1 Å². The highest BCUT2D eigenvalue weighted by atomic mass is 15.3. The van der Waals surface area contributed by atoms with Crippen molar-refractivity contribution in [3.8, 4) is 11.3 Å². The lowest BCUT2D eigenvalue weighted by Gasteiger charge is -2.14. The van der Waals surface area contributed by atoms with E-state index in [4.69, 9.17) is 5.10 Å². The maximum Gasteiger partial charge on any atom is 0.0971 e. The predicted molar refractivity (Wildman–Crippen MR) is 73.5 cm³/mol. The van der Waals surface area contributed by atoms with Crippen LogP contribution in [0.15, 0.2) is 18.2 Å². The molecule has 0 bridgehead atoms. The molecule has 1 aromatic carbocycles. The lowest BCUT2D eigenvalue weighted by atomic mass is 9.99. The molecule has 1 N–H and O–H groups in total. The molecular formula is C15H19N3. The molecule has 0 saturated carbocycles. The Bertz CT molecular complexity index is 596. The standard InChI is InChI=1S/C15H19N3/c1-10-4-5-12(8-11(10)2)15-13-9-16-7-6-14(13)18(3)17-15/h4-5,8,16H,6-7,9H2,1-3H3. The summed E-state index contributed by atoms with van der Waals surface area (Å²) in [6.45, 7) is 6.30. The van der Waals surface area contributed by atoms with E-state index in [0.717, 1.165) is 25.2 Å². The molecule has 0 spiro atoms. The maximum absolute atomic E-state index is 4.71. The molecule has 1 aliphatic heterocycles. The van der Waals surface area contributed by atoms with Gasteiger partial charge in [0, 0.05) is 43.4 Å². The Morgan fingerprint density at radius 2 is 2.06 bits per heavy atom. The quantitative estimate of drug-likeness (QED) is 0.830. The zero-order valence-corrected chi connectivity index (χ0v) is 11.2. The first-order chi connectivity index (χ1) is 8.66. The summed E-state index contributed by atoms with van der Waals surface area (Å²) in [5.74, 6) is 0. The van der Waals surface area contributed by atoms with Crippen LogP contribution in [0.4, 0.5) is 0 Å². The molecule has 0 aliphatic carbocycles. The molecule has 0 atom stereocenters. The molecule has 3 nitrogen and oxygen atoms in total. The van der Waals surface area contributed by atoms with E-state index in [-0.39, 0.29) is 0 Å². The molecular weight excluding hydrogens is 222 g/mol. The molecule has 0 fully saturated rings. The van der Waals surface area contributed by atoms with Gasteiger partial charge < -0.3 is 5.32 Å². The first kappa shape index (κ1) is 11.5. The Labute approximate surface area is 108 Å². The van der Waals surface area contributed by atoms with Gasteiger partial charge in [-0.05, 0) is 31.0 Å². The number of rotatable bonds is 1. The summed E-state index contributed by atoms with van der Waals surface area (Å²) in [5, 5.41) is 8.15. The van der Waals surface area contributed by atoms with Gasteiger partial charge >= 0.3 is 0 Å². The molecule has 1 aromatic heterocycles. The Balaban J connectivity index is 2.14. The van der Waals surface area contributed by atoms with Crippen molar-refractivity contribution in [3.05, 3.63) is 40.6 Å². The zero-order chi connectivity index (χ0) is 12.7. The molecule has 2 heterocycles. The number of nitrogens with zero attached hydrogens (tertiary/aromatic N) is 2. The molecule has 0 amide bonds. The summed E-state index contributed by atoms with van der Waals surface area (Å²) >= 11 is 0. The summed E-state index contributed by atoms with van der Waals surface area (Å²) in [4.78, 5) is 0. The van der Waals surface area contributed by atoms with Crippen molar-refractivity contribution in [2.45, 2.75) is 26.8 Å². The van der Waals surface area contributed by atoms with Gasteiger partial charge in [0.05, 0.1) is 5.69 Å². The molecule has 0 saturated heterocycles. The zero-order valence-electron chi connectivity index (χ0n) is 11.2. The minimum Gasteiger partial charge on any atom is -0.312 e. The van der Waals surface area contributed by atoms with Crippen molar-refractivity contribution < 1.29 is 0 Å². The number of aryl methyl sites for hydroxylation is 3. The van der Waals surface area contributed by atoms with Gasteiger partial charge in [-0.25, -0.2) is 0 Å². The number of fused-ring (bicyclic) bond motifs is 1. The summed E-state index contributed by atoms with van der Waals surface area (Å²) in [7, 11) is 2.05. The van der Waals surface area contributed by atoms with Crippen LogP contribution in [0.1, 0.15) is 22.4 Å². The van der Waals surface area contributed by atoms with Gasteiger partial charge in [-0.2, -0.15) is 5.10 Å². The van der Waals surface area contributed by atoms with Gasteiger partial charge in [-0.3, -0.25) is 4.68 Å². The monoisotopic (exact) mass is 241 g/mol. The Morgan fingerprint density at radius 3 is 2.83 bits per heavy atom. The second-order valence-corrected chi connectivity index (χ2v) is 5.12. The van der Waals surface area contributed by atoms with Crippen LogP contribution >= 0.6 is 0 Å². The Kier molecular flexibility index (Phi) is 2.71. The van der Waals surface area contributed by atoms with Crippen LogP contribution < -0.4 is 5.32 Å². The first-order valence-corrected chi connectivity index (χ1v) is 6.50. The summed E-state index contributed by atoms with van der Waals surface area (Å²) in [5.41, 5.74) is 7.78. The number of benzene rings is 1. The van der Waals surface area contributed by atoms with Crippen molar-refractivity contribution in [3.63, 3.8) is 0 Å². The van der Waals surface area contributed by atoms with Crippen LogP contribution in [0.2, 0.25) is 0 Å². The Morgan fingerprint density at radius 1 is 1.22 bits per heavy atom. The summed E-state index contributed by atoms with van der Waals surface area (Å²) in [6, 6.07) is 6.61. The molecule has 3 heteroatoms. The van der Waals surface area contributed by atoms with E-state index >= 15 is 0 Å². The molecule has 3 rings (SSSR count). The fourth-order valence-electron chi connectivity index (χ4n) is 2.64. The van der Waals surface area contributed by atoms with Crippen LogP contribution in [-0.4, -0.2) is 16.3 Å². The predicted octanol–water partition coefficient (Wildman–Crippen LogP) is 2.35. The SMILES string of the molecule is Cc1ccc(-c2nn(C)c3c2CNCC3)cc1C. The molecule has 94 valence electrons. The minimum atomic E-state index is 0.936. The van der Waals surface area contributed by atoms with Gasteiger partial charge in [0.1, 0.15) is 0 Å². The first-order valence-electron chi connectivity index (χ1n) is 6.50. The summed E-state index contributed by atoms with van der Waals surface area (Å²) < 4.78 is 2.04. The summed E-state index contributed by atoms with van der Waals surface area (Å²) in [6.07, 6.45) is 1.07. The molecule has 0 unspecified atom stereocenters. The molecule has 18 heavy (non-hydrogen) atoms. The lowest BCUT2D eigenvalue weighted by Crippen LogP contribution is -2.24. The Hall–Kier alpha value is -1.61. The number of nitrogens with one attached hydrogen (secondary N) is 1. The van der Waals surface area contributed by atoms with Crippen LogP contribution in [0.25, 0.3) is 11.3 Å². The fraction of sp³-hybridized carbons (Fsp3) is 0.400. The molecule has 2 aromatic rings. The number of hydrogen-bond donors (Lipinski definition) is 1. The second-order valence-electron chi connectivity index (χ2n) is 5.12. The van der Waals surface area contributed by atoms with Crippen LogP contribution in [-0.2, 0) is 20.0 Å².